The average Bonchev–Trinajstić information content (AvgIpc) is 2.28. The molecule has 0 aliphatic heterocycles. The summed E-state index contributed by atoms with van der Waals surface area (Å²) in [4.78, 5) is 17.2. The molecule has 17 heavy (non-hydrogen) atoms. The Morgan fingerprint density at radius 1 is 1.47 bits per heavy atom. The highest BCUT2D eigenvalue weighted by Gasteiger charge is 2.06. The molecule has 2 aromatic rings. The van der Waals surface area contributed by atoms with Gasteiger partial charge in [-0.25, -0.2) is 9.37 Å². The van der Waals surface area contributed by atoms with E-state index in [1.54, 1.807) is 12.1 Å². The molecule has 88 valence electrons. The first kappa shape index (κ1) is 11.1. The highest BCUT2D eigenvalue weighted by atomic mass is 19.1. The van der Waals surface area contributed by atoms with Gasteiger partial charge in [-0.15, -0.1) is 0 Å². The normalized spacial score (nSPS) is 10.2. The van der Waals surface area contributed by atoms with Gasteiger partial charge in [0, 0.05) is 6.54 Å². The fourth-order valence-electron chi connectivity index (χ4n) is 1.39. The van der Waals surface area contributed by atoms with Crippen molar-refractivity contribution in [3.63, 3.8) is 0 Å². The third-order valence-corrected chi connectivity index (χ3v) is 2.19. The van der Waals surface area contributed by atoms with E-state index < -0.39 is 5.56 Å². The third kappa shape index (κ3) is 2.60. The number of benzene rings is 1. The number of nitrogens with one attached hydrogen (secondary N) is 2. The van der Waals surface area contributed by atoms with Crippen molar-refractivity contribution in [1.82, 2.24) is 9.97 Å². The van der Waals surface area contributed by atoms with Crippen LogP contribution in [-0.4, -0.2) is 15.1 Å². The molecular weight excluding hydrogens is 225 g/mol. The van der Waals surface area contributed by atoms with Gasteiger partial charge >= 0.3 is 0 Å². The molecule has 0 saturated heterocycles. The zero-order valence-corrected chi connectivity index (χ0v) is 8.77. The van der Waals surface area contributed by atoms with Gasteiger partial charge in [-0.3, -0.25) is 4.79 Å². The molecule has 0 bridgehead atoms. The van der Waals surface area contributed by atoms with E-state index in [9.17, 15) is 14.3 Å². The van der Waals surface area contributed by atoms with Gasteiger partial charge in [0.2, 0.25) is 5.88 Å². The van der Waals surface area contributed by atoms with Crippen LogP contribution in [0.25, 0.3) is 0 Å². The molecule has 1 heterocycles. The standard InChI is InChI=1S/C11H10FN3O2/c12-8-3-1-2-7(4-8)5-13-9-10(16)14-6-15-11(9)17/h1-4,6,13H,5H2,(H2,14,15,16,17). The van der Waals surface area contributed by atoms with E-state index in [0.29, 0.717) is 5.56 Å². The third-order valence-electron chi connectivity index (χ3n) is 2.19. The van der Waals surface area contributed by atoms with Crippen molar-refractivity contribution in [1.29, 1.82) is 0 Å². The Morgan fingerprint density at radius 2 is 2.29 bits per heavy atom. The van der Waals surface area contributed by atoms with E-state index >= 15 is 0 Å². The maximum Gasteiger partial charge on any atom is 0.278 e. The Morgan fingerprint density at radius 3 is 3.00 bits per heavy atom. The monoisotopic (exact) mass is 235 g/mol. The van der Waals surface area contributed by atoms with E-state index in [2.05, 4.69) is 15.3 Å². The Balaban J connectivity index is 2.15. The number of aromatic hydroxyl groups is 1. The van der Waals surface area contributed by atoms with Gasteiger partial charge in [0.05, 0.1) is 6.33 Å². The fraction of sp³-hybridized carbons (Fsp3) is 0.0909. The number of halogens is 1. The second-order valence-electron chi connectivity index (χ2n) is 3.41. The maximum absolute atomic E-state index is 12.9. The van der Waals surface area contributed by atoms with Crippen molar-refractivity contribution >= 4 is 5.69 Å². The molecule has 0 fully saturated rings. The molecule has 0 saturated carbocycles. The summed E-state index contributed by atoms with van der Waals surface area (Å²) >= 11 is 0. The number of aromatic amines is 1. The number of aromatic nitrogens is 2. The molecule has 5 nitrogen and oxygen atoms in total. The SMILES string of the molecule is O=c1[nH]cnc(O)c1NCc1cccc(F)c1. The van der Waals surface area contributed by atoms with E-state index in [0.717, 1.165) is 6.33 Å². The molecule has 1 aromatic carbocycles. The molecule has 0 atom stereocenters. The van der Waals surface area contributed by atoms with Crippen LogP contribution in [0.1, 0.15) is 5.56 Å². The zero-order valence-electron chi connectivity index (χ0n) is 8.77. The first-order chi connectivity index (χ1) is 8.16. The number of H-pyrrole nitrogens is 1. The largest absolute Gasteiger partial charge is 0.492 e. The summed E-state index contributed by atoms with van der Waals surface area (Å²) < 4.78 is 12.9. The molecule has 1 aromatic heterocycles. The van der Waals surface area contributed by atoms with Gasteiger partial charge in [0.15, 0.2) is 5.69 Å². The van der Waals surface area contributed by atoms with Crippen LogP contribution in [0.5, 0.6) is 5.88 Å². The van der Waals surface area contributed by atoms with E-state index in [-0.39, 0.29) is 23.9 Å². The minimum Gasteiger partial charge on any atom is -0.492 e. The van der Waals surface area contributed by atoms with Crippen molar-refractivity contribution in [3.8, 4) is 5.88 Å². The Kier molecular flexibility index (Phi) is 3.04. The predicted molar refractivity (Wildman–Crippen MR) is 60.2 cm³/mol. The molecule has 0 radical (unpaired) electrons. The summed E-state index contributed by atoms with van der Waals surface area (Å²) in [6, 6.07) is 5.95. The zero-order chi connectivity index (χ0) is 12.3. The topological polar surface area (TPSA) is 78.0 Å². The first-order valence-electron chi connectivity index (χ1n) is 4.92. The fourth-order valence-corrected chi connectivity index (χ4v) is 1.39. The Labute approximate surface area is 96.0 Å². The van der Waals surface area contributed by atoms with E-state index in [4.69, 9.17) is 0 Å². The molecule has 0 spiro atoms. The number of anilines is 1. The van der Waals surface area contributed by atoms with Gasteiger partial charge in [-0.2, -0.15) is 0 Å². The van der Waals surface area contributed by atoms with Gasteiger partial charge in [0.25, 0.3) is 5.56 Å². The summed E-state index contributed by atoms with van der Waals surface area (Å²) in [7, 11) is 0. The molecule has 2 rings (SSSR count). The van der Waals surface area contributed by atoms with Crippen LogP contribution in [-0.2, 0) is 6.54 Å². The van der Waals surface area contributed by atoms with Gasteiger partial charge in [0.1, 0.15) is 5.82 Å². The van der Waals surface area contributed by atoms with Crippen molar-refractivity contribution in [2.45, 2.75) is 6.54 Å². The van der Waals surface area contributed by atoms with E-state index in [1.165, 1.54) is 12.1 Å². The summed E-state index contributed by atoms with van der Waals surface area (Å²) in [6.45, 7) is 0.222. The maximum atomic E-state index is 12.9. The molecule has 3 N–H and O–H groups in total. The minimum absolute atomic E-state index is 0.0308. The molecule has 0 amide bonds. The van der Waals surface area contributed by atoms with Crippen LogP contribution in [0, 0.1) is 5.82 Å². The van der Waals surface area contributed by atoms with E-state index in [1.807, 2.05) is 0 Å². The quantitative estimate of drug-likeness (QED) is 0.747. The van der Waals surface area contributed by atoms with Crippen molar-refractivity contribution < 1.29 is 9.50 Å². The number of nitrogens with zero attached hydrogens (tertiary/aromatic N) is 1. The van der Waals surface area contributed by atoms with Crippen molar-refractivity contribution in [2.24, 2.45) is 0 Å². The van der Waals surface area contributed by atoms with Gasteiger partial charge in [-0.05, 0) is 17.7 Å². The van der Waals surface area contributed by atoms with Gasteiger partial charge < -0.3 is 15.4 Å². The van der Waals surface area contributed by atoms with Crippen LogP contribution in [0.2, 0.25) is 0 Å². The average molecular weight is 235 g/mol. The Bertz CT molecular complexity index is 583. The smallest absolute Gasteiger partial charge is 0.278 e. The van der Waals surface area contributed by atoms with Crippen LogP contribution >= 0.6 is 0 Å². The van der Waals surface area contributed by atoms with Crippen molar-refractivity contribution in [2.75, 3.05) is 5.32 Å². The van der Waals surface area contributed by atoms with Crippen LogP contribution < -0.4 is 10.9 Å². The lowest BCUT2D eigenvalue weighted by Gasteiger charge is -2.06. The summed E-state index contributed by atoms with van der Waals surface area (Å²) in [6.07, 6.45) is 1.10. The lowest BCUT2D eigenvalue weighted by molar-refractivity contribution is 0.453. The molecule has 6 heteroatoms. The number of hydrogen-bond donors (Lipinski definition) is 3. The Hall–Kier alpha value is -2.37. The summed E-state index contributed by atoms with van der Waals surface area (Å²) in [5.41, 5.74) is 0.151. The lowest BCUT2D eigenvalue weighted by Crippen LogP contribution is -2.14. The minimum atomic E-state index is -0.478. The van der Waals surface area contributed by atoms with Crippen LogP contribution in [0.4, 0.5) is 10.1 Å². The molecule has 0 aliphatic rings. The first-order valence-corrected chi connectivity index (χ1v) is 4.92. The number of rotatable bonds is 3. The number of hydrogen-bond acceptors (Lipinski definition) is 4. The summed E-state index contributed by atoms with van der Waals surface area (Å²) in [5, 5.41) is 12.1. The van der Waals surface area contributed by atoms with Gasteiger partial charge in [-0.1, -0.05) is 12.1 Å². The molecule has 0 aliphatic carbocycles. The van der Waals surface area contributed by atoms with Crippen LogP contribution in [0.3, 0.4) is 0 Å². The summed E-state index contributed by atoms with van der Waals surface area (Å²) in [5.74, 6) is -0.737. The highest BCUT2D eigenvalue weighted by molar-refractivity contribution is 5.49. The van der Waals surface area contributed by atoms with Crippen LogP contribution in [0.15, 0.2) is 35.4 Å². The molecule has 0 unspecified atom stereocenters. The highest BCUT2D eigenvalue weighted by Crippen LogP contribution is 2.14. The molecular formula is C11H10FN3O2. The van der Waals surface area contributed by atoms with Crippen molar-refractivity contribution in [3.05, 3.63) is 52.3 Å². The second kappa shape index (κ2) is 4.65. The second-order valence-corrected chi connectivity index (χ2v) is 3.41. The lowest BCUT2D eigenvalue weighted by atomic mass is 10.2. The predicted octanol–water partition coefficient (Wildman–Crippen LogP) is 1.23.